The molecular weight excluding hydrogens is 284 g/mol. The summed E-state index contributed by atoms with van der Waals surface area (Å²) in [5, 5.41) is 5.31. The Balaban J connectivity index is 2.13. The van der Waals surface area contributed by atoms with Crippen LogP contribution >= 0.6 is 0 Å². The molecule has 0 saturated carbocycles. The summed E-state index contributed by atoms with van der Waals surface area (Å²) in [6.45, 7) is 4.54. The maximum Gasteiger partial charge on any atom is 0.407 e. The van der Waals surface area contributed by atoms with Gasteiger partial charge in [0.2, 0.25) is 0 Å². The number of hydrogen-bond acceptors (Lipinski definition) is 4. The molecule has 0 aliphatic carbocycles. The number of rotatable bonds is 9. The van der Waals surface area contributed by atoms with Gasteiger partial charge in [-0.1, -0.05) is 31.5 Å². The second kappa shape index (κ2) is 10.5. The third kappa shape index (κ3) is 8.14. The van der Waals surface area contributed by atoms with Crippen molar-refractivity contribution in [3.05, 3.63) is 30.3 Å². The van der Waals surface area contributed by atoms with Crippen molar-refractivity contribution in [2.24, 2.45) is 0 Å². The van der Waals surface area contributed by atoms with E-state index >= 15 is 0 Å². The van der Waals surface area contributed by atoms with Gasteiger partial charge in [-0.25, -0.2) is 4.79 Å². The highest BCUT2D eigenvalue weighted by molar-refractivity contribution is 5.77. The van der Waals surface area contributed by atoms with E-state index in [1.54, 1.807) is 19.1 Å². The van der Waals surface area contributed by atoms with Crippen molar-refractivity contribution in [2.45, 2.75) is 32.8 Å². The van der Waals surface area contributed by atoms with E-state index in [2.05, 4.69) is 10.6 Å². The molecule has 0 aromatic heterocycles. The van der Waals surface area contributed by atoms with Crippen LogP contribution in [-0.2, 0) is 9.53 Å². The third-order valence-electron chi connectivity index (χ3n) is 2.81. The molecular formula is C16H24N2O4. The van der Waals surface area contributed by atoms with Gasteiger partial charge in [-0.2, -0.15) is 0 Å². The molecule has 6 heteroatoms. The van der Waals surface area contributed by atoms with Gasteiger partial charge >= 0.3 is 6.09 Å². The molecule has 0 aliphatic rings. The Morgan fingerprint density at radius 2 is 1.91 bits per heavy atom. The fourth-order valence-electron chi connectivity index (χ4n) is 1.61. The van der Waals surface area contributed by atoms with Gasteiger partial charge in [-0.05, 0) is 25.5 Å². The van der Waals surface area contributed by atoms with E-state index in [-0.39, 0.29) is 19.1 Å². The lowest BCUT2D eigenvalue weighted by atomic mass is 10.3. The maximum atomic E-state index is 11.6. The smallest absolute Gasteiger partial charge is 0.407 e. The van der Waals surface area contributed by atoms with Gasteiger partial charge in [0.25, 0.3) is 5.91 Å². The highest BCUT2D eigenvalue weighted by atomic mass is 16.6. The molecule has 2 N–H and O–H groups in total. The lowest BCUT2D eigenvalue weighted by molar-refractivity contribution is -0.123. The molecule has 2 amide bonds. The summed E-state index contributed by atoms with van der Waals surface area (Å²) in [4.78, 5) is 23.0. The molecule has 1 atom stereocenters. The Hall–Kier alpha value is -2.24. The number of amides is 2. The second-order valence-corrected chi connectivity index (χ2v) is 4.90. The summed E-state index contributed by atoms with van der Waals surface area (Å²) in [6.07, 6.45) is 1.06. The number of unbranched alkanes of at least 4 members (excludes halogenated alkanes) is 1. The van der Waals surface area contributed by atoms with Crippen LogP contribution < -0.4 is 15.4 Å². The van der Waals surface area contributed by atoms with Crippen molar-refractivity contribution in [1.29, 1.82) is 0 Å². The van der Waals surface area contributed by atoms with Crippen LogP contribution in [0.4, 0.5) is 4.79 Å². The number of nitrogens with one attached hydrogen (secondary N) is 2. The number of ether oxygens (including phenoxy) is 2. The molecule has 0 unspecified atom stereocenters. The number of hydrogen-bond donors (Lipinski definition) is 2. The average Bonchev–Trinajstić information content (AvgIpc) is 2.52. The number of carbonyl (C=O) groups excluding carboxylic acids is 2. The molecule has 0 heterocycles. The van der Waals surface area contributed by atoms with Gasteiger partial charge in [0.15, 0.2) is 6.61 Å². The molecule has 0 bridgehead atoms. The predicted molar refractivity (Wildman–Crippen MR) is 83.8 cm³/mol. The van der Waals surface area contributed by atoms with E-state index in [9.17, 15) is 9.59 Å². The zero-order valence-corrected chi connectivity index (χ0v) is 13.1. The van der Waals surface area contributed by atoms with Crippen LogP contribution in [0.3, 0.4) is 0 Å². The van der Waals surface area contributed by atoms with Gasteiger partial charge in [-0.15, -0.1) is 0 Å². The van der Waals surface area contributed by atoms with E-state index in [0.29, 0.717) is 12.3 Å². The molecule has 6 nitrogen and oxygen atoms in total. The summed E-state index contributed by atoms with van der Waals surface area (Å²) in [5.74, 6) is 0.378. The number of benzene rings is 1. The van der Waals surface area contributed by atoms with Gasteiger partial charge in [-0.3, -0.25) is 4.79 Å². The first kappa shape index (κ1) is 17.8. The van der Waals surface area contributed by atoms with Crippen molar-refractivity contribution in [3.8, 4) is 5.75 Å². The molecule has 1 rings (SSSR count). The first-order chi connectivity index (χ1) is 10.6. The Morgan fingerprint density at radius 3 is 2.59 bits per heavy atom. The Bertz CT molecular complexity index is 451. The van der Waals surface area contributed by atoms with Crippen LogP contribution in [0.1, 0.15) is 26.7 Å². The van der Waals surface area contributed by atoms with Crippen molar-refractivity contribution in [1.82, 2.24) is 10.6 Å². The van der Waals surface area contributed by atoms with Crippen LogP contribution in [-0.4, -0.2) is 37.8 Å². The van der Waals surface area contributed by atoms with E-state index in [0.717, 1.165) is 12.8 Å². The molecule has 0 radical (unpaired) electrons. The van der Waals surface area contributed by atoms with Gasteiger partial charge in [0, 0.05) is 6.54 Å². The molecule has 22 heavy (non-hydrogen) atoms. The molecule has 0 aliphatic heterocycles. The van der Waals surface area contributed by atoms with Gasteiger partial charge in [0.05, 0.1) is 6.54 Å². The van der Waals surface area contributed by atoms with Crippen LogP contribution in [0.5, 0.6) is 5.75 Å². The minimum Gasteiger partial charge on any atom is -0.484 e. The minimum atomic E-state index is -0.462. The van der Waals surface area contributed by atoms with E-state index in [1.807, 2.05) is 25.1 Å². The summed E-state index contributed by atoms with van der Waals surface area (Å²) < 4.78 is 10.4. The molecule has 0 fully saturated rings. The number of alkyl carbamates (subject to hydrolysis) is 1. The lowest BCUT2D eigenvalue weighted by Crippen LogP contribution is -2.38. The summed E-state index contributed by atoms with van der Waals surface area (Å²) in [7, 11) is 0. The summed E-state index contributed by atoms with van der Waals surface area (Å²) in [5.41, 5.74) is 0. The maximum absolute atomic E-state index is 11.6. The summed E-state index contributed by atoms with van der Waals surface area (Å²) >= 11 is 0. The Labute approximate surface area is 131 Å². The second-order valence-electron chi connectivity index (χ2n) is 4.90. The normalized spacial score (nSPS) is 11.4. The highest BCUT2D eigenvalue weighted by Gasteiger charge is 2.10. The zero-order valence-electron chi connectivity index (χ0n) is 13.1. The topological polar surface area (TPSA) is 76.7 Å². The van der Waals surface area contributed by atoms with Crippen molar-refractivity contribution >= 4 is 12.0 Å². The molecule has 1 aromatic carbocycles. The van der Waals surface area contributed by atoms with E-state index in [4.69, 9.17) is 9.47 Å². The quantitative estimate of drug-likeness (QED) is 0.685. The van der Waals surface area contributed by atoms with E-state index in [1.165, 1.54) is 0 Å². The van der Waals surface area contributed by atoms with Crippen LogP contribution in [0.25, 0.3) is 0 Å². The fourth-order valence-corrected chi connectivity index (χ4v) is 1.61. The fraction of sp³-hybridized carbons (Fsp3) is 0.500. The van der Waals surface area contributed by atoms with Crippen molar-refractivity contribution in [3.63, 3.8) is 0 Å². The van der Waals surface area contributed by atoms with Crippen molar-refractivity contribution < 1.29 is 19.1 Å². The SMILES string of the molecule is CCCCNC(=O)O[C@H](C)CNC(=O)COc1ccccc1. The first-order valence-electron chi connectivity index (χ1n) is 7.50. The predicted octanol–water partition coefficient (Wildman–Crippen LogP) is 2.10. The van der Waals surface area contributed by atoms with Gasteiger partial charge in [0.1, 0.15) is 11.9 Å². The largest absolute Gasteiger partial charge is 0.484 e. The standard InChI is InChI=1S/C16H24N2O4/c1-3-4-10-17-16(20)22-13(2)11-18-15(19)12-21-14-8-6-5-7-9-14/h5-9,13H,3-4,10-12H2,1-2H3,(H,17,20)(H,18,19)/t13-/m1/s1. The Kier molecular flexibility index (Phi) is 8.49. The monoisotopic (exact) mass is 308 g/mol. The lowest BCUT2D eigenvalue weighted by Gasteiger charge is -2.14. The molecule has 122 valence electrons. The van der Waals surface area contributed by atoms with Crippen LogP contribution in [0.2, 0.25) is 0 Å². The van der Waals surface area contributed by atoms with Gasteiger partial charge < -0.3 is 20.1 Å². The number of para-hydroxylation sites is 1. The summed E-state index contributed by atoms with van der Waals surface area (Å²) in [6, 6.07) is 9.09. The third-order valence-corrected chi connectivity index (χ3v) is 2.81. The molecule has 1 aromatic rings. The molecule has 0 saturated heterocycles. The Morgan fingerprint density at radius 1 is 1.18 bits per heavy atom. The average molecular weight is 308 g/mol. The highest BCUT2D eigenvalue weighted by Crippen LogP contribution is 2.07. The number of carbonyl (C=O) groups is 2. The molecule has 0 spiro atoms. The van der Waals surface area contributed by atoms with Crippen LogP contribution in [0.15, 0.2) is 30.3 Å². The zero-order chi connectivity index (χ0) is 16.2. The van der Waals surface area contributed by atoms with Crippen LogP contribution in [0, 0.1) is 0 Å². The van der Waals surface area contributed by atoms with E-state index < -0.39 is 12.2 Å². The minimum absolute atomic E-state index is 0.0700. The van der Waals surface area contributed by atoms with Crippen molar-refractivity contribution in [2.75, 3.05) is 19.7 Å². The first-order valence-corrected chi connectivity index (χ1v) is 7.50.